The molecule has 0 amide bonds. The molecule has 1 aliphatic rings. The van der Waals surface area contributed by atoms with Gasteiger partial charge in [0.05, 0.1) is 41.1 Å². The molecule has 39 heavy (non-hydrogen) atoms. The van der Waals surface area contributed by atoms with E-state index in [1.54, 1.807) is 62.6 Å². The predicted octanol–water partition coefficient (Wildman–Crippen LogP) is 4.90. The average molecular weight is 585 g/mol. The van der Waals surface area contributed by atoms with Crippen LogP contribution < -0.4 is 24.4 Å². The Morgan fingerprint density at radius 3 is 2.62 bits per heavy atom. The molecule has 0 saturated heterocycles. The minimum atomic E-state index is -0.718. The second-order valence-corrected chi connectivity index (χ2v) is 10.3. The molecular weight excluding hydrogens is 563 g/mol. The van der Waals surface area contributed by atoms with E-state index in [9.17, 15) is 9.59 Å². The molecule has 0 N–H and O–H groups in total. The Balaban J connectivity index is 1.51. The van der Waals surface area contributed by atoms with E-state index >= 15 is 0 Å². The van der Waals surface area contributed by atoms with Crippen molar-refractivity contribution in [3.8, 4) is 11.5 Å². The number of carbonyl (C=O) groups excluding carboxylic acids is 1. The van der Waals surface area contributed by atoms with Crippen molar-refractivity contribution in [3.05, 3.63) is 113 Å². The molecule has 0 bridgehead atoms. The second-order valence-electron chi connectivity index (χ2n) is 8.49. The number of carbonyl (C=O) groups is 1. The third-order valence-electron chi connectivity index (χ3n) is 6.10. The smallest absolute Gasteiger partial charge is 0.338 e. The molecule has 0 unspecified atom stereocenters. The van der Waals surface area contributed by atoms with Crippen molar-refractivity contribution < 1.29 is 23.4 Å². The summed E-state index contributed by atoms with van der Waals surface area (Å²) in [6.45, 7) is 1.85. The van der Waals surface area contributed by atoms with Crippen LogP contribution in [-0.2, 0) is 16.1 Å². The number of benzene rings is 2. The Morgan fingerprint density at radius 2 is 1.90 bits per heavy atom. The third kappa shape index (κ3) is 5.25. The van der Waals surface area contributed by atoms with Crippen molar-refractivity contribution in [2.75, 3.05) is 14.2 Å². The maximum absolute atomic E-state index is 13.7. The van der Waals surface area contributed by atoms with Gasteiger partial charge in [-0.15, -0.1) is 0 Å². The summed E-state index contributed by atoms with van der Waals surface area (Å²) in [5.74, 6) is 1.53. The molecule has 1 atom stereocenters. The molecule has 5 rings (SSSR count). The Labute approximate surface area is 237 Å². The van der Waals surface area contributed by atoms with Gasteiger partial charge in [-0.05, 0) is 48.9 Å². The van der Waals surface area contributed by atoms with Gasteiger partial charge in [0.1, 0.15) is 34.6 Å². The Morgan fingerprint density at radius 1 is 1.13 bits per heavy atom. The largest absolute Gasteiger partial charge is 0.497 e. The molecule has 1 aliphatic heterocycles. The predicted molar refractivity (Wildman–Crippen MR) is 148 cm³/mol. The van der Waals surface area contributed by atoms with Crippen LogP contribution in [0.1, 0.15) is 30.0 Å². The van der Waals surface area contributed by atoms with Crippen LogP contribution in [0.3, 0.4) is 0 Å². The number of halogens is 2. The van der Waals surface area contributed by atoms with Gasteiger partial charge in [-0.25, -0.2) is 9.79 Å². The van der Waals surface area contributed by atoms with Gasteiger partial charge in [0.25, 0.3) is 5.56 Å². The lowest BCUT2D eigenvalue weighted by Gasteiger charge is -2.24. The summed E-state index contributed by atoms with van der Waals surface area (Å²) < 4.78 is 23.8. The van der Waals surface area contributed by atoms with Crippen LogP contribution in [0.15, 0.2) is 80.1 Å². The summed E-state index contributed by atoms with van der Waals surface area (Å²) in [4.78, 5) is 31.5. The maximum Gasteiger partial charge on any atom is 0.338 e. The summed E-state index contributed by atoms with van der Waals surface area (Å²) >= 11 is 13.4. The summed E-state index contributed by atoms with van der Waals surface area (Å²) in [5.41, 5.74) is 1.18. The van der Waals surface area contributed by atoms with E-state index in [4.69, 9.17) is 41.8 Å². The van der Waals surface area contributed by atoms with Crippen molar-refractivity contribution in [1.82, 2.24) is 4.57 Å². The van der Waals surface area contributed by atoms with Crippen LogP contribution in [0.4, 0.5) is 0 Å². The molecule has 0 fully saturated rings. The standard InChI is InChI=1S/C28H22Cl2N2O6S/c1-15-23(27(34)36-3)25(16-7-9-17(35-2)10-8-16)32-26(33)22(39-28(32)31-15)13-18-11-12-19(38-18)14-37-21-6-4-5-20(29)24(21)30/h4-13,25H,14H2,1-3H3/t25-/m0/s1. The second kappa shape index (κ2) is 11.1. The Hall–Kier alpha value is -3.79. The number of aromatic nitrogens is 1. The average Bonchev–Trinajstić information content (AvgIpc) is 3.51. The number of nitrogens with zero attached hydrogens (tertiary/aromatic N) is 2. The molecule has 4 aromatic rings. The fraction of sp³-hybridized carbons (Fsp3) is 0.179. The monoisotopic (exact) mass is 584 g/mol. The van der Waals surface area contributed by atoms with Crippen molar-refractivity contribution in [3.63, 3.8) is 0 Å². The van der Waals surface area contributed by atoms with E-state index in [0.717, 1.165) is 5.56 Å². The number of hydrogen-bond acceptors (Lipinski definition) is 8. The van der Waals surface area contributed by atoms with Gasteiger partial charge in [0.15, 0.2) is 4.80 Å². The Bertz CT molecular complexity index is 1770. The Kier molecular flexibility index (Phi) is 7.65. The molecule has 0 radical (unpaired) electrons. The zero-order chi connectivity index (χ0) is 27.7. The number of ether oxygens (including phenoxy) is 3. The van der Waals surface area contributed by atoms with Gasteiger partial charge >= 0.3 is 5.97 Å². The molecule has 8 nitrogen and oxygen atoms in total. The van der Waals surface area contributed by atoms with Crippen LogP contribution in [-0.4, -0.2) is 24.8 Å². The van der Waals surface area contributed by atoms with Gasteiger partial charge in [-0.3, -0.25) is 9.36 Å². The summed E-state index contributed by atoms with van der Waals surface area (Å²) in [6, 6.07) is 15.1. The van der Waals surface area contributed by atoms with Gasteiger partial charge in [-0.2, -0.15) is 0 Å². The van der Waals surface area contributed by atoms with Crippen LogP contribution >= 0.6 is 34.5 Å². The van der Waals surface area contributed by atoms with Gasteiger partial charge in [0, 0.05) is 6.08 Å². The normalized spacial score (nSPS) is 15.1. The van der Waals surface area contributed by atoms with Gasteiger partial charge in [0.2, 0.25) is 0 Å². The van der Waals surface area contributed by atoms with Crippen molar-refractivity contribution in [2.45, 2.75) is 19.6 Å². The van der Waals surface area contributed by atoms with E-state index in [1.807, 2.05) is 12.1 Å². The lowest BCUT2D eigenvalue weighted by Crippen LogP contribution is -2.39. The zero-order valence-electron chi connectivity index (χ0n) is 21.1. The minimum absolute atomic E-state index is 0.119. The number of thiazole rings is 1. The highest BCUT2D eigenvalue weighted by Crippen LogP contribution is 2.33. The first-order valence-electron chi connectivity index (χ1n) is 11.7. The van der Waals surface area contributed by atoms with Crippen LogP contribution in [0, 0.1) is 0 Å². The maximum atomic E-state index is 13.7. The van der Waals surface area contributed by atoms with Gasteiger partial charge < -0.3 is 18.6 Å². The number of hydrogen-bond donors (Lipinski definition) is 0. The molecule has 2 aromatic heterocycles. The van der Waals surface area contributed by atoms with E-state index in [0.29, 0.717) is 53.7 Å². The van der Waals surface area contributed by atoms with Crippen LogP contribution in [0.25, 0.3) is 6.08 Å². The van der Waals surface area contributed by atoms with Crippen molar-refractivity contribution in [1.29, 1.82) is 0 Å². The summed E-state index contributed by atoms with van der Waals surface area (Å²) in [7, 11) is 2.87. The third-order valence-corrected chi connectivity index (χ3v) is 7.88. The van der Waals surface area contributed by atoms with Crippen molar-refractivity contribution in [2.24, 2.45) is 4.99 Å². The van der Waals surface area contributed by atoms with E-state index in [1.165, 1.54) is 23.0 Å². The van der Waals surface area contributed by atoms with Crippen molar-refractivity contribution >= 4 is 46.6 Å². The van der Waals surface area contributed by atoms with E-state index in [2.05, 4.69) is 4.99 Å². The molecule has 0 saturated carbocycles. The number of esters is 1. The zero-order valence-corrected chi connectivity index (χ0v) is 23.4. The molecule has 0 aliphatic carbocycles. The molecular formula is C28H22Cl2N2O6S. The molecule has 11 heteroatoms. The molecule has 2 aromatic carbocycles. The highest BCUT2D eigenvalue weighted by atomic mass is 35.5. The SMILES string of the molecule is COC(=O)C1=C(C)N=c2sc(=Cc3ccc(COc4cccc(Cl)c4Cl)o3)c(=O)n2[C@H]1c1ccc(OC)cc1. The van der Waals surface area contributed by atoms with Crippen LogP contribution in [0.2, 0.25) is 10.0 Å². The summed E-state index contributed by atoms with van der Waals surface area (Å²) in [5, 5.41) is 0.711. The van der Waals surface area contributed by atoms with Crippen LogP contribution in [0.5, 0.6) is 11.5 Å². The number of fused-ring (bicyclic) bond motifs is 1. The number of rotatable bonds is 7. The molecule has 200 valence electrons. The number of methoxy groups -OCH3 is 2. The van der Waals surface area contributed by atoms with E-state index in [-0.39, 0.29) is 12.2 Å². The first kappa shape index (κ1) is 26.8. The minimum Gasteiger partial charge on any atom is -0.497 e. The summed E-state index contributed by atoms with van der Waals surface area (Å²) in [6.07, 6.45) is 1.64. The highest BCUT2D eigenvalue weighted by molar-refractivity contribution is 7.07. The number of allylic oxidation sites excluding steroid dienone is 1. The number of furan rings is 1. The first-order valence-corrected chi connectivity index (χ1v) is 13.3. The fourth-order valence-electron chi connectivity index (χ4n) is 4.22. The topological polar surface area (TPSA) is 92.3 Å². The van der Waals surface area contributed by atoms with E-state index < -0.39 is 12.0 Å². The highest BCUT2D eigenvalue weighted by Gasteiger charge is 2.33. The van der Waals surface area contributed by atoms with Gasteiger partial charge in [-0.1, -0.05) is 52.7 Å². The fourth-order valence-corrected chi connectivity index (χ4v) is 5.59. The lowest BCUT2D eigenvalue weighted by molar-refractivity contribution is -0.136. The quantitative estimate of drug-likeness (QED) is 0.287. The lowest BCUT2D eigenvalue weighted by atomic mass is 9.96. The molecule has 0 spiro atoms. The first-order chi connectivity index (χ1) is 18.8. The molecule has 3 heterocycles.